The lowest BCUT2D eigenvalue weighted by atomic mass is 9.91. The summed E-state index contributed by atoms with van der Waals surface area (Å²) >= 11 is 6.50. The highest BCUT2D eigenvalue weighted by atomic mass is 35.5. The maximum absolute atomic E-state index is 11.0. The fourth-order valence-electron chi connectivity index (χ4n) is 4.51. The molecule has 2 aromatic rings. The summed E-state index contributed by atoms with van der Waals surface area (Å²) in [5, 5.41) is 10.7. The number of amides is 1. The molecule has 0 spiro atoms. The van der Waals surface area contributed by atoms with Crippen LogP contribution >= 0.6 is 11.6 Å². The number of anilines is 2. The highest BCUT2D eigenvalue weighted by molar-refractivity contribution is 6.33. The number of nitrogens with zero attached hydrogens (tertiary/aromatic N) is 2. The van der Waals surface area contributed by atoms with Crippen molar-refractivity contribution in [2.75, 3.05) is 36.9 Å². The van der Waals surface area contributed by atoms with Gasteiger partial charge in [0, 0.05) is 49.1 Å². The highest BCUT2D eigenvalue weighted by Crippen LogP contribution is 2.30. The van der Waals surface area contributed by atoms with E-state index in [2.05, 4.69) is 20.9 Å². The van der Waals surface area contributed by atoms with Crippen molar-refractivity contribution >= 4 is 29.1 Å². The molecule has 1 saturated heterocycles. The number of nitrogens with two attached hydrogens (primary N) is 2. The summed E-state index contributed by atoms with van der Waals surface area (Å²) < 4.78 is 5.43. The number of hydrogen-bond acceptors (Lipinski definition) is 8. The van der Waals surface area contributed by atoms with Gasteiger partial charge in [0.1, 0.15) is 11.6 Å². The number of halogens is 1. The molecule has 1 aliphatic heterocycles. The molecule has 9 nitrogen and oxygen atoms in total. The third-order valence-electron chi connectivity index (χ3n) is 6.63. The topological polar surface area (TPSA) is 140 Å². The number of hydrogen-bond donors (Lipinski definition) is 5. The van der Waals surface area contributed by atoms with Gasteiger partial charge in [0.25, 0.3) is 0 Å². The number of aromatic nitrogens is 2. The molecule has 1 aliphatic carbocycles. The van der Waals surface area contributed by atoms with Gasteiger partial charge in [0.2, 0.25) is 5.91 Å². The summed E-state index contributed by atoms with van der Waals surface area (Å²) in [6.45, 7) is 2.26. The minimum atomic E-state index is -0.322. The van der Waals surface area contributed by atoms with Crippen molar-refractivity contribution in [3.8, 4) is 11.3 Å². The predicted octanol–water partition coefficient (Wildman–Crippen LogP) is 2.51. The van der Waals surface area contributed by atoms with Crippen LogP contribution in [0.5, 0.6) is 0 Å². The summed E-state index contributed by atoms with van der Waals surface area (Å²) in [5.74, 6) is 1.21. The Bertz CT molecular complexity index is 976. The molecule has 2 fully saturated rings. The number of nitrogens with one attached hydrogen (secondary N) is 3. The van der Waals surface area contributed by atoms with Crippen molar-refractivity contribution in [3.63, 3.8) is 0 Å². The van der Waals surface area contributed by atoms with Crippen LogP contribution in [0.4, 0.5) is 11.6 Å². The average molecular weight is 488 g/mol. The molecule has 0 radical (unpaired) electrons. The number of rotatable bonds is 9. The minimum Gasteiger partial charge on any atom is -0.381 e. The largest absolute Gasteiger partial charge is 0.381 e. The smallest absolute Gasteiger partial charge is 0.231 e. The average Bonchev–Trinajstić information content (AvgIpc) is 2.84. The summed E-state index contributed by atoms with van der Waals surface area (Å²) in [6, 6.07) is 8.43. The standard InChI is InChI=1S/C24H34ClN7O2/c25-19-13-29-23(31-17-6-4-16(5-7-17)28-14-21(26)33)12-18(19)20-2-1-3-22(32-20)30-15-24(27)8-10-34-11-9-24/h1-3,12-13,16-17,28H,4-11,14-15,27H2,(H2,26,33)(H,29,31)(H,30,32). The maximum atomic E-state index is 11.0. The van der Waals surface area contributed by atoms with Crippen molar-refractivity contribution in [3.05, 3.63) is 35.5 Å². The Morgan fingerprint density at radius 1 is 1.15 bits per heavy atom. The van der Waals surface area contributed by atoms with Crippen LogP contribution in [0.15, 0.2) is 30.5 Å². The molecule has 0 unspecified atom stereocenters. The van der Waals surface area contributed by atoms with Gasteiger partial charge in [0.15, 0.2) is 0 Å². The van der Waals surface area contributed by atoms with Gasteiger partial charge in [0.05, 0.1) is 17.3 Å². The molecule has 2 aliphatic rings. The van der Waals surface area contributed by atoms with Crippen LogP contribution in [0.2, 0.25) is 5.02 Å². The molecule has 1 saturated carbocycles. The first-order valence-electron chi connectivity index (χ1n) is 11.9. The fourth-order valence-corrected chi connectivity index (χ4v) is 4.71. The molecule has 184 valence electrons. The quantitative estimate of drug-likeness (QED) is 0.363. The molecule has 0 bridgehead atoms. The Morgan fingerprint density at radius 3 is 2.62 bits per heavy atom. The lowest BCUT2D eigenvalue weighted by Gasteiger charge is -2.33. The zero-order valence-corrected chi connectivity index (χ0v) is 20.1. The van der Waals surface area contributed by atoms with E-state index in [0.29, 0.717) is 36.9 Å². The van der Waals surface area contributed by atoms with Gasteiger partial charge in [-0.05, 0) is 56.7 Å². The first-order valence-corrected chi connectivity index (χ1v) is 12.3. The van der Waals surface area contributed by atoms with E-state index in [4.69, 9.17) is 32.8 Å². The van der Waals surface area contributed by atoms with E-state index >= 15 is 0 Å². The summed E-state index contributed by atoms with van der Waals surface area (Å²) in [6.07, 6.45) is 7.25. The zero-order chi connectivity index (χ0) is 24.0. The van der Waals surface area contributed by atoms with Crippen molar-refractivity contribution in [1.29, 1.82) is 0 Å². The first kappa shape index (κ1) is 24.7. The third kappa shape index (κ3) is 6.79. The lowest BCUT2D eigenvalue weighted by molar-refractivity contribution is -0.117. The van der Waals surface area contributed by atoms with E-state index in [-0.39, 0.29) is 18.0 Å². The van der Waals surface area contributed by atoms with Crippen LogP contribution in [-0.4, -0.2) is 59.8 Å². The monoisotopic (exact) mass is 487 g/mol. The van der Waals surface area contributed by atoms with Crippen molar-refractivity contribution in [2.24, 2.45) is 11.5 Å². The van der Waals surface area contributed by atoms with Crippen LogP contribution < -0.4 is 27.4 Å². The minimum absolute atomic E-state index is 0.229. The molecule has 4 rings (SSSR count). The molecule has 0 atom stereocenters. The van der Waals surface area contributed by atoms with Crippen molar-refractivity contribution in [1.82, 2.24) is 15.3 Å². The van der Waals surface area contributed by atoms with Crippen LogP contribution in [0.1, 0.15) is 38.5 Å². The Hall–Kier alpha value is -2.46. The Balaban J connectivity index is 1.37. The first-order chi connectivity index (χ1) is 16.4. The molecule has 7 N–H and O–H groups in total. The van der Waals surface area contributed by atoms with E-state index in [1.165, 1.54) is 0 Å². The molecular weight excluding hydrogens is 454 g/mol. The van der Waals surface area contributed by atoms with E-state index in [0.717, 1.165) is 61.4 Å². The summed E-state index contributed by atoms with van der Waals surface area (Å²) in [5.41, 5.74) is 13.0. The summed E-state index contributed by atoms with van der Waals surface area (Å²) in [4.78, 5) is 20.2. The molecule has 2 aromatic heterocycles. The van der Waals surface area contributed by atoms with Gasteiger partial charge in [-0.2, -0.15) is 0 Å². The number of pyridine rings is 2. The number of primary amides is 1. The van der Waals surface area contributed by atoms with Crippen molar-refractivity contribution < 1.29 is 9.53 Å². The molecule has 0 aromatic carbocycles. The molecular formula is C24H34ClN7O2. The zero-order valence-electron chi connectivity index (χ0n) is 19.4. The number of carbonyl (C=O) groups excluding carboxylic acids is 1. The molecule has 1 amide bonds. The van der Waals surface area contributed by atoms with Gasteiger partial charge < -0.3 is 32.2 Å². The van der Waals surface area contributed by atoms with E-state index in [1.54, 1.807) is 6.20 Å². The Kier molecular flexibility index (Phi) is 8.20. The van der Waals surface area contributed by atoms with Crippen LogP contribution in [-0.2, 0) is 9.53 Å². The fraction of sp³-hybridized carbons (Fsp3) is 0.542. The third-order valence-corrected chi connectivity index (χ3v) is 6.94. The van der Waals surface area contributed by atoms with Gasteiger partial charge in [-0.3, -0.25) is 4.79 Å². The van der Waals surface area contributed by atoms with Gasteiger partial charge in [-0.25, -0.2) is 9.97 Å². The van der Waals surface area contributed by atoms with Crippen LogP contribution in [0.25, 0.3) is 11.3 Å². The van der Waals surface area contributed by atoms with E-state index in [1.807, 2.05) is 24.3 Å². The molecule has 10 heteroatoms. The lowest BCUT2D eigenvalue weighted by Crippen LogP contribution is -2.50. The van der Waals surface area contributed by atoms with Crippen LogP contribution in [0, 0.1) is 0 Å². The molecule has 3 heterocycles. The number of carbonyl (C=O) groups is 1. The Labute approximate surface area is 205 Å². The van der Waals surface area contributed by atoms with E-state index in [9.17, 15) is 4.79 Å². The summed E-state index contributed by atoms with van der Waals surface area (Å²) in [7, 11) is 0. The number of ether oxygens (including phenoxy) is 1. The van der Waals surface area contributed by atoms with Crippen molar-refractivity contribution in [2.45, 2.75) is 56.1 Å². The second-order valence-electron chi connectivity index (χ2n) is 9.33. The van der Waals surface area contributed by atoms with Gasteiger partial charge in [-0.1, -0.05) is 17.7 Å². The Morgan fingerprint density at radius 2 is 1.88 bits per heavy atom. The van der Waals surface area contributed by atoms with Gasteiger partial charge >= 0.3 is 0 Å². The maximum Gasteiger partial charge on any atom is 0.231 e. The normalized spacial score (nSPS) is 22.2. The second-order valence-corrected chi connectivity index (χ2v) is 9.73. The predicted molar refractivity (Wildman–Crippen MR) is 135 cm³/mol. The molecule has 34 heavy (non-hydrogen) atoms. The second kappa shape index (κ2) is 11.3. The van der Waals surface area contributed by atoms with Crippen LogP contribution in [0.3, 0.4) is 0 Å². The SMILES string of the molecule is NC(=O)CNC1CCC(Nc2cc(-c3cccc(NCC4(N)CCOCC4)n3)c(Cl)cn2)CC1. The van der Waals surface area contributed by atoms with E-state index < -0.39 is 0 Å². The highest BCUT2D eigenvalue weighted by Gasteiger charge is 2.28. The van der Waals surface area contributed by atoms with Gasteiger partial charge in [-0.15, -0.1) is 0 Å².